The normalized spacial score (nSPS) is 11.3. The first-order valence-electron chi connectivity index (χ1n) is 9.07. The first-order valence-corrected chi connectivity index (χ1v) is 9.07. The Morgan fingerprint density at radius 1 is 0.815 bits per heavy atom. The van der Waals surface area contributed by atoms with Gasteiger partial charge in [-0.05, 0) is 31.9 Å². The third kappa shape index (κ3) is 6.45. The number of rotatable bonds is 9. The number of benzene rings is 2. The van der Waals surface area contributed by atoms with Crippen molar-refractivity contribution in [2.75, 3.05) is 21.3 Å². The van der Waals surface area contributed by atoms with Crippen molar-refractivity contribution >= 4 is 0 Å². The van der Waals surface area contributed by atoms with Gasteiger partial charge in [0.1, 0.15) is 17.2 Å². The highest BCUT2D eigenvalue weighted by Crippen LogP contribution is 2.33. The van der Waals surface area contributed by atoms with Crippen LogP contribution in [0.25, 0.3) is 0 Å². The maximum absolute atomic E-state index is 5.86. The summed E-state index contributed by atoms with van der Waals surface area (Å²) in [5.74, 6) is 2.19. The molecular weight excluding hydrogens is 342 g/mol. The van der Waals surface area contributed by atoms with Gasteiger partial charge in [-0.25, -0.2) is 0 Å². The standard InChI is InChI=1S/C22H31NO4/c1-22(2,3)27-15-17-9-7-8-16(10-17)13-23-14-19-20(25-5)11-18(24-4)12-21(19)26-6/h7-12,23H,13-15H2,1-6H3. The Morgan fingerprint density at radius 3 is 2.00 bits per heavy atom. The second kappa shape index (κ2) is 9.62. The molecule has 0 aliphatic carbocycles. The fraction of sp³-hybridized carbons (Fsp3) is 0.455. The van der Waals surface area contributed by atoms with E-state index < -0.39 is 0 Å². The van der Waals surface area contributed by atoms with Crippen LogP contribution in [0, 0.1) is 0 Å². The minimum Gasteiger partial charge on any atom is -0.496 e. The first-order chi connectivity index (χ1) is 12.9. The summed E-state index contributed by atoms with van der Waals surface area (Å²) < 4.78 is 22.2. The Kier molecular flexibility index (Phi) is 7.51. The summed E-state index contributed by atoms with van der Waals surface area (Å²) in [5.41, 5.74) is 3.20. The Morgan fingerprint density at radius 2 is 1.44 bits per heavy atom. The highest BCUT2D eigenvalue weighted by molar-refractivity contribution is 5.50. The lowest BCUT2D eigenvalue weighted by atomic mass is 10.1. The summed E-state index contributed by atoms with van der Waals surface area (Å²) >= 11 is 0. The molecule has 0 heterocycles. The first kappa shape index (κ1) is 21.1. The van der Waals surface area contributed by atoms with Crippen molar-refractivity contribution < 1.29 is 18.9 Å². The van der Waals surface area contributed by atoms with E-state index in [4.69, 9.17) is 18.9 Å². The number of hydrogen-bond acceptors (Lipinski definition) is 5. The maximum Gasteiger partial charge on any atom is 0.130 e. The van der Waals surface area contributed by atoms with E-state index in [1.165, 1.54) is 11.1 Å². The van der Waals surface area contributed by atoms with E-state index in [-0.39, 0.29) is 5.60 Å². The number of nitrogens with one attached hydrogen (secondary N) is 1. The zero-order chi connectivity index (χ0) is 19.9. The minimum absolute atomic E-state index is 0.143. The average Bonchev–Trinajstić information content (AvgIpc) is 2.66. The van der Waals surface area contributed by atoms with Gasteiger partial charge in [-0.3, -0.25) is 0 Å². The van der Waals surface area contributed by atoms with Crippen LogP contribution in [0.5, 0.6) is 17.2 Å². The summed E-state index contributed by atoms with van der Waals surface area (Å²) in [5, 5.41) is 3.46. The van der Waals surface area contributed by atoms with Gasteiger partial charge in [0.05, 0.1) is 39.1 Å². The van der Waals surface area contributed by atoms with Gasteiger partial charge in [0.25, 0.3) is 0 Å². The topological polar surface area (TPSA) is 49.0 Å². The molecule has 0 aliphatic rings. The van der Waals surface area contributed by atoms with Crippen LogP contribution in [0.15, 0.2) is 36.4 Å². The van der Waals surface area contributed by atoms with Crippen LogP contribution in [-0.2, 0) is 24.4 Å². The molecule has 0 radical (unpaired) electrons. The van der Waals surface area contributed by atoms with Gasteiger partial charge in [-0.1, -0.05) is 24.3 Å². The summed E-state index contributed by atoms with van der Waals surface area (Å²) in [6.45, 7) is 8.16. The van der Waals surface area contributed by atoms with Crippen molar-refractivity contribution in [1.82, 2.24) is 5.32 Å². The predicted molar refractivity (Wildman–Crippen MR) is 108 cm³/mol. The summed E-state index contributed by atoms with van der Waals surface area (Å²) in [6.07, 6.45) is 0. The monoisotopic (exact) mass is 373 g/mol. The lowest BCUT2D eigenvalue weighted by Crippen LogP contribution is -2.19. The Hall–Kier alpha value is -2.24. The summed E-state index contributed by atoms with van der Waals surface area (Å²) in [7, 11) is 4.93. The molecule has 5 nitrogen and oxygen atoms in total. The molecule has 2 aromatic rings. The van der Waals surface area contributed by atoms with Crippen LogP contribution in [0.4, 0.5) is 0 Å². The second-order valence-corrected chi connectivity index (χ2v) is 7.34. The van der Waals surface area contributed by atoms with Gasteiger partial charge in [0.15, 0.2) is 0 Å². The highest BCUT2D eigenvalue weighted by atomic mass is 16.5. The van der Waals surface area contributed by atoms with Gasteiger partial charge in [-0.15, -0.1) is 0 Å². The molecule has 2 rings (SSSR count). The van der Waals surface area contributed by atoms with Gasteiger partial charge >= 0.3 is 0 Å². The predicted octanol–water partition coefficient (Wildman–Crippen LogP) is 4.32. The SMILES string of the molecule is COc1cc(OC)c(CNCc2cccc(COC(C)(C)C)c2)c(OC)c1. The third-order valence-electron chi connectivity index (χ3n) is 4.11. The molecule has 0 saturated heterocycles. The molecule has 0 unspecified atom stereocenters. The third-order valence-corrected chi connectivity index (χ3v) is 4.11. The fourth-order valence-electron chi connectivity index (χ4n) is 2.71. The molecular formula is C22H31NO4. The van der Waals surface area contributed by atoms with Crippen LogP contribution in [0.3, 0.4) is 0 Å². The molecule has 2 aromatic carbocycles. The summed E-state index contributed by atoms with van der Waals surface area (Å²) in [4.78, 5) is 0. The van der Waals surface area contributed by atoms with Crippen LogP contribution in [0.2, 0.25) is 0 Å². The maximum atomic E-state index is 5.86. The molecule has 27 heavy (non-hydrogen) atoms. The Labute approximate surface area is 162 Å². The summed E-state index contributed by atoms with van der Waals surface area (Å²) in [6, 6.07) is 12.2. The molecule has 0 amide bonds. The quantitative estimate of drug-likeness (QED) is 0.709. The van der Waals surface area contributed by atoms with Gasteiger partial charge in [-0.2, -0.15) is 0 Å². The number of ether oxygens (including phenoxy) is 4. The Balaban J connectivity index is 2.02. The van der Waals surface area contributed by atoms with Crippen LogP contribution < -0.4 is 19.5 Å². The van der Waals surface area contributed by atoms with Crippen LogP contribution in [-0.4, -0.2) is 26.9 Å². The van der Waals surface area contributed by atoms with Crippen molar-refractivity contribution in [1.29, 1.82) is 0 Å². The largest absolute Gasteiger partial charge is 0.496 e. The van der Waals surface area contributed by atoms with E-state index in [2.05, 4.69) is 50.4 Å². The molecule has 5 heteroatoms. The smallest absolute Gasteiger partial charge is 0.130 e. The molecule has 0 aliphatic heterocycles. The zero-order valence-electron chi connectivity index (χ0n) is 17.2. The molecule has 0 fully saturated rings. The van der Waals surface area contributed by atoms with Gasteiger partial charge < -0.3 is 24.3 Å². The van der Waals surface area contributed by atoms with Crippen LogP contribution in [0.1, 0.15) is 37.5 Å². The number of hydrogen-bond donors (Lipinski definition) is 1. The molecule has 0 spiro atoms. The van der Waals surface area contributed by atoms with Crippen molar-refractivity contribution in [2.45, 2.75) is 46.1 Å². The van der Waals surface area contributed by atoms with Gasteiger partial charge in [0, 0.05) is 25.2 Å². The molecule has 1 N–H and O–H groups in total. The molecule has 0 aromatic heterocycles. The van der Waals surface area contributed by atoms with Crippen LogP contribution >= 0.6 is 0 Å². The minimum atomic E-state index is -0.143. The lowest BCUT2D eigenvalue weighted by Gasteiger charge is -2.19. The molecule has 0 saturated carbocycles. The van der Waals surface area contributed by atoms with Crippen molar-refractivity contribution in [3.63, 3.8) is 0 Å². The van der Waals surface area contributed by atoms with E-state index in [0.29, 0.717) is 18.9 Å². The van der Waals surface area contributed by atoms with Gasteiger partial charge in [0.2, 0.25) is 0 Å². The highest BCUT2D eigenvalue weighted by Gasteiger charge is 2.13. The second-order valence-electron chi connectivity index (χ2n) is 7.34. The van der Waals surface area contributed by atoms with E-state index in [1.807, 2.05) is 12.1 Å². The van der Waals surface area contributed by atoms with E-state index in [0.717, 1.165) is 23.6 Å². The molecule has 148 valence electrons. The Bertz CT molecular complexity index is 712. The van der Waals surface area contributed by atoms with E-state index in [1.54, 1.807) is 21.3 Å². The van der Waals surface area contributed by atoms with Crippen molar-refractivity contribution in [2.24, 2.45) is 0 Å². The van der Waals surface area contributed by atoms with E-state index in [9.17, 15) is 0 Å². The molecule has 0 atom stereocenters. The lowest BCUT2D eigenvalue weighted by molar-refractivity contribution is -0.0149. The average molecular weight is 373 g/mol. The fourth-order valence-corrected chi connectivity index (χ4v) is 2.71. The van der Waals surface area contributed by atoms with Crippen molar-refractivity contribution in [3.05, 3.63) is 53.1 Å². The number of methoxy groups -OCH3 is 3. The molecule has 0 bridgehead atoms. The van der Waals surface area contributed by atoms with E-state index >= 15 is 0 Å². The zero-order valence-corrected chi connectivity index (χ0v) is 17.2. The van der Waals surface area contributed by atoms with Crippen molar-refractivity contribution in [3.8, 4) is 17.2 Å².